The summed E-state index contributed by atoms with van der Waals surface area (Å²) < 4.78 is 27.0. The van der Waals surface area contributed by atoms with Crippen LogP contribution in [0.5, 0.6) is 0 Å². The smallest absolute Gasteiger partial charge is 0.463 e. The number of ether oxygens (including phenoxy) is 1. The molecule has 2 unspecified atom stereocenters. The molecular weight excluding hydrogens is 810 g/mol. The molecule has 0 aliphatic rings. The van der Waals surface area contributed by atoms with E-state index < -0.39 is 26.5 Å². The van der Waals surface area contributed by atoms with Crippen LogP contribution in [0.4, 0.5) is 0 Å². The molecule has 0 heterocycles. The molecule has 0 spiro atoms. The number of carbonyl (C=O) groups excluding carboxylic acids is 2. The van der Waals surface area contributed by atoms with Crippen LogP contribution in [0.1, 0.15) is 296 Å². The number of carbonyl (C=O) groups is 2. The number of hydrogen-bond donors (Lipinski definition) is 3. The Morgan fingerprint density at radius 2 is 0.714 bits per heavy atom. The van der Waals surface area contributed by atoms with Gasteiger partial charge >= 0.3 is 13.8 Å². The van der Waals surface area contributed by atoms with E-state index in [9.17, 15) is 24.2 Å². The number of nitrogens with one attached hydrogen (secondary N) is 1. The van der Waals surface area contributed by atoms with E-state index in [1.807, 2.05) is 0 Å². The SMILES string of the molecule is CCCCCCCCCCCCCCCCCCCCCCCCCC(=O)OCC(O)COP(=O)(O)OCCNC(=O)CCCCCCCCCCCCCCCCCCCCC. The number of unbranched alkanes of at least 4 members (excludes halogenated alkanes) is 40. The van der Waals surface area contributed by atoms with Gasteiger partial charge in [0.2, 0.25) is 5.91 Å². The summed E-state index contributed by atoms with van der Waals surface area (Å²) in [5.41, 5.74) is 0. The van der Waals surface area contributed by atoms with Gasteiger partial charge in [-0.3, -0.25) is 18.6 Å². The fraction of sp³-hybridized carbons (Fsp3) is 0.962. The van der Waals surface area contributed by atoms with E-state index in [2.05, 4.69) is 19.2 Å². The maximum atomic E-state index is 12.2. The minimum absolute atomic E-state index is 0.0889. The van der Waals surface area contributed by atoms with Crippen molar-refractivity contribution in [1.29, 1.82) is 0 Å². The summed E-state index contributed by atoms with van der Waals surface area (Å²) in [7, 11) is -4.42. The summed E-state index contributed by atoms with van der Waals surface area (Å²) in [4.78, 5) is 34.1. The maximum absolute atomic E-state index is 12.2. The summed E-state index contributed by atoms with van der Waals surface area (Å²) >= 11 is 0. The molecule has 0 radical (unpaired) electrons. The maximum Gasteiger partial charge on any atom is 0.472 e. The molecule has 0 aromatic carbocycles. The fourth-order valence-corrected chi connectivity index (χ4v) is 9.14. The van der Waals surface area contributed by atoms with Crippen molar-refractivity contribution in [2.24, 2.45) is 0 Å². The van der Waals surface area contributed by atoms with E-state index in [1.165, 1.54) is 231 Å². The molecule has 3 N–H and O–H groups in total. The first kappa shape index (κ1) is 62.0. The summed E-state index contributed by atoms with van der Waals surface area (Å²) in [5.74, 6) is -0.496. The van der Waals surface area contributed by atoms with Gasteiger partial charge in [0.15, 0.2) is 0 Å². The average molecular weight is 916 g/mol. The highest BCUT2D eigenvalue weighted by Gasteiger charge is 2.23. The van der Waals surface area contributed by atoms with E-state index in [0.717, 1.165) is 38.5 Å². The van der Waals surface area contributed by atoms with Crippen molar-refractivity contribution in [3.8, 4) is 0 Å². The number of hydrogen-bond acceptors (Lipinski definition) is 7. The normalized spacial score (nSPS) is 13.0. The third kappa shape index (κ3) is 51.9. The second-order valence-electron chi connectivity index (χ2n) is 18.9. The molecule has 1 amide bonds. The van der Waals surface area contributed by atoms with Crippen LogP contribution in [0.2, 0.25) is 0 Å². The van der Waals surface area contributed by atoms with Crippen molar-refractivity contribution in [2.75, 3.05) is 26.4 Å². The average Bonchev–Trinajstić information content (AvgIpc) is 3.27. The first-order valence-electron chi connectivity index (χ1n) is 27.5. The molecule has 0 aromatic heterocycles. The van der Waals surface area contributed by atoms with Gasteiger partial charge < -0.3 is 20.1 Å². The second-order valence-corrected chi connectivity index (χ2v) is 20.4. The third-order valence-electron chi connectivity index (χ3n) is 12.5. The summed E-state index contributed by atoms with van der Waals surface area (Å²) in [5, 5.41) is 12.8. The van der Waals surface area contributed by atoms with Crippen LogP contribution < -0.4 is 5.32 Å². The molecule has 10 heteroatoms. The molecule has 63 heavy (non-hydrogen) atoms. The van der Waals surface area contributed by atoms with Crippen molar-refractivity contribution in [3.63, 3.8) is 0 Å². The van der Waals surface area contributed by atoms with Crippen molar-refractivity contribution in [1.82, 2.24) is 5.32 Å². The summed E-state index contributed by atoms with van der Waals surface area (Å²) in [6.45, 7) is 3.64. The van der Waals surface area contributed by atoms with Gasteiger partial charge in [0.05, 0.1) is 13.2 Å². The molecular formula is C53H106NO8P. The van der Waals surface area contributed by atoms with Crippen LogP contribution >= 0.6 is 7.82 Å². The van der Waals surface area contributed by atoms with Crippen LogP contribution in [0.3, 0.4) is 0 Å². The zero-order valence-electron chi connectivity index (χ0n) is 41.8. The van der Waals surface area contributed by atoms with E-state index >= 15 is 0 Å². The molecule has 0 saturated carbocycles. The topological polar surface area (TPSA) is 131 Å². The number of phosphoric ester groups is 1. The number of aliphatic hydroxyl groups is 1. The van der Waals surface area contributed by atoms with Crippen LogP contribution in [0, 0.1) is 0 Å². The zero-order chi connectivity index (χ0) is 46.0. The molecule has 0 fully saturated rings. The Hall–Kier alpha value is -0.990. The largest absolute Gasteiger partial charge is 0.472 e. The predicted octanol–water partition coefficient (Wildman–Crippen LogP) is 16.3. The van der Waals surface area contributed by atoms with Crippen LogP contribution in [-0.2, 0) is 27.9 Å². The first-order valence-corrected chi connectivity index (χ1v) is 29.0. The molecule has 0 rings (SSSR count). The quantitative estimate of drug-likeness (QED) is 0.0312. The number of aliphatic hydroxyl groups excluding tert-OH is 1. The molecule has 2 atom stereocenters. The Bertz CT molecular complexity index is 1000. The lowest BCUT2D eigenvalue weighted by molar-refractivity contribution is -0.147. The lowest BCUT2D eigenvalue weighted by Gasteiger charge is -2.15. The van der Waals surface area contributed by atoms with Crippen molar-refractivity contribution < 1.29 is 37.9 Å². The number of amides is 1. The molecule has 0 aliphatic carbocycles. The van der Waals surface area contributed by atoms with Crippen molar-refractivity contribution >= 4 is 19.7 Å². The second kappa shape index (κ2) is 50.4. The molecule has 0 aliphatic heterocycles. The molecule has 0 aromatic rings. The predicted molar refractivity (Wildman–Crippen MR) is 266 cm³/mol. The van der Waals surface area contributed by atoms with Gasteiger partial charge in [0.1, 0.15) is 12.7 Å². The molecule has 376 valence electrons. The molecule has 9 nitrogen and oxygen atoms in total. The minimum atomic E-state index is -4.42. The van der Waals surface area contributed by atoms with Gasteiger partial charge in [0.25, 0.3) is 0 Å². The third-order valence-corrected chi connectivity index (χ3v) is 13.5. The monoisotopic (exact) mass is 916 g/mol. The summed E-state index contributed by atoms with van der Waals surface area (Å²) in [6, 6.07) is 0. The van der Waals surface area contributed by atoms with Gasteiger partial charge in [-0.05, 0) is 12.8 Å². The fourth-order valence-electron chi connectivity index (χ4n) is 8.39. The highest BCUT2D eigenvalue weighted by atomic mass is 31.2. The lowest BCUT2D eigenvalue weighted by Crippen LogP contribution is -2.27. The zero-order valence-corrected chi connectivity index (χ0v) is 42.7. The van der Waals surface area contributed by atoms with Gasteiger partial charge in [-0.25, -0.2) is 4.57 Å². The lowest BCUT2D eigenvalue weighted by atomic mass is 10.0. The van der Waals surface area contributed by atoms with Crippen LogP contribution in [-0.4, -0.2) is 54.3 Å². The van der Waals surface area contributed by atoms with Gasteiger partial charge in [-0.1, -0.05) is 271 Å². The van der Waals surface area contributed by atoms with Crippen molar-refractivity contribution in [3.05, 3.63) is 0 Å². The summed E-state index contributed by atoms with van der Waals surface area (Å²) in [6.07, 6.45) is 54.8. The van der Waals surface area contributed by atoms with Gasteiger partial charge in [-0.15, -0.1) is 0 Å². The van der Waals surface area contributed by atoms with Gasteiger partial charge in [0, 0.05) is 19.4 Å². The Labute approximate surface area is 390 Å². The number of rotatable bonds is 53. The number of esters is 1. The number of phosphoric acid groups is 1. The Morgan fingerprint density at radius 3 is 1.03 bits per heavy atom. The van der Waals surface area contributed by atoms with E-state index in [0.29, 0.717) is 12.8 Å². The van der Waals surface area contributed by atoms with E-state index in [1.54, 1.807) is 0 Å². The Balaban J connectivity index is 3.48. The molecule has 0 saturated heterocycles. The molecule has 0 bridgehead atoms. The standard InChI is InChI=1S/C53H106NO8P/c1-3-5-7-9-11-13-15-17-19-21-23-24-25-26-28-30-32-34-36-38-40-42-44-46-53(57)60-49-51(55)50-62-63(58,59)61-48-47-54-52(56)45-43-41-39-37-35-33-31-29-27-22-20-18-16-14-12-10-8-6-4-2/h51,55H,3-50H2,1-2H3,(H,54,56)(H,58,59). The van der Waals surface area contributed by atoms with Crippen LogP contribution in [0.15, 0.2) is 0 Å². The van der Waals surface area contributed by atoms with Crippen LogP contribution in [0.25, 0.3) is 0 Å². The van der Waals surface area contributed by atoms with Gasteiger partial charge in [-0.2, -0.15) is 0 Å². The van der Waals surface area contributed by atoms with Crippen molar-refractivity contribution in [2.45, 2.75) is 302 Å². The highest BCUT2D eigenvalue weighted by Crippen LogP contribution is 2.42. The first-order chi connectivity index (χ1) is 30.8. The highest BCUT2D eigenvalue weighted by molar-refractivity contribution is 7.47. The Morgan fingerprint density at radius 1 is 0.429 bits per heavy atom. The Kier molecular flexibility index (Phi) is 49.6. The van der Waals surface area contributed by atoms with E-state index in [4.69, 9.17) is 13.8 Å². The minimum Gasteiger partial charge on any atom is -0.463 e. The van der Waals surface area contributed by atoms with E-state index in [-0.39, 0.29) is 25.7 Å².